The van der Waals surface area contributed by atoms with E-state index in [1.807, 2.05) is 50.2 Å². The van der Waals surface area contributed by atoms with Crippen LogP contribution in [-0.4, -0.2) is 30.5 Å². The lowest BCUT2D eigenvalue weighted by atomic mass is 10.0. The van der Waals surface area contributed by atoms with Crippen molar-refractivity contribution in [3.05, 3.63) is 64.7 Å². The molecule has 0 saturated carbocycles. The quantitative estimate of drug-likeness (QED) is 0.801. The third kappa shape index (κ3) is 4.20. The number of hydrogen-bond acceptors (Lipinski definition) is 4. The van der Waals surface area contributed by atoms with Gasteiger partial charge >= 0.3 is 0 Å². The van der Waals surface area contributed by atoms with Crippen molar-refractivity contribution in [1.82, 2.24) is 5.32 Å². The molecule has 2 aromatic carbocycles. The molecule has 0 aliphatic heterocycles. The van der Waals surface area contributed by atoms with Gasteiger partial charge in [0, 0.05) is 12.6 Å². The Balaban J connectivity index is 2.30. The molecular formula is C19H22N2O3. The molecule has 24 heavy (non-hydrogen) atoms. The van der Waals surface area contributed by atoms with Gasteiger partial charge in [-0.2, -0.15) is 0 Å². The molecule has 0 fully saturated rings. The Hall–Kier alpha value is -2.66. The molecule has 0 unspecified atom stereocenters. The molecule has 0 spiro atoms. The number of rotatable bonds is 6. The predicted molar refractivity (Wildman–Crippen MR) is 94.4 cm³/mol. The number of nitrogens with zero attached hydrogens (tertiary/aromatic N) is 1. The van der Waals surface area contributed by atoms with Gasteiger partial charge in [0.1, 0.15) is 24.8 Å². The third-order valence-electron chi connectivity index (χ3n) is 3.67. The van der Waals surface area contributed by atoms with E-state index in [0.717, 1.165) is 22.4 Å². The van der Waals surface area contributed by atoms with Crippen LogP contribution in [0.3, 0.4) is 0 Å². The Labute approximate surface area is 142 Å². The molecule has 0 aliphatic rings. The zero-order valence-corrected chi connectivity index (χ0v) is 14.2. The summed E-state index contributed by atoms with van der Waals surface area (Å²) in [5.41, 5.74) is 3.84. The maximum absolute atomic E-state index is 12.0. The van der Waals surface area contributed by atoms with Crippen LogP contribution in [-0.2, 0) is 11.4 Å². The highest BCUT2D eigenvalue weighted by Gasteiger charge is 2.16. The number of likely N-dealkylation sites (N-methyl/N-ethyl adjacent to an activating group) is 1. The van der Waals surface area contributed by atoms with Crippen LogP contribution in [0.15, 0.2) is 47.5 Å². The Bertz CT molecular complexity index is 754. The normalized spacial score (nSPS) is 11.2. The van der Waals surface area contributed by atoms with Crippen LogP contribution in [0.5, 0.6) is 5.75 Å². The number of hydrogen-bond donors (Lipinski definition) is 2. The van der Waals surface area contributed by atoms with Gasteiger partial charge in [-0.1, -0.05) is 36.4 Å². The van der Waals surface area contributed by atoms with Crippen LogP contribution < -0.4 is 10.1 Å². The number of nitrogens with one attached hydrogen (secondary N) is 1. The van der Waals surface area contributed by atoms with E-state index >= 15 is 0 Å². The standard InChI is InChI=1S/C19H22N2O3/c1-13-8-9-14(2)17(10-13)24-11-15-6-4-5-7-16(15)18(21-12-22)19(23)20-3/h4-10,22H,11-12H2,1-3H3,(H,20,23)/b21-18+. The second kappa shape index (κ2) is 8.26. The number of aryl methyl sites for hydroxylation is 2. The van der Waals surface area contributed by atoms with Gasteiger partial charge in [0.25, 0.3) is 5.91 Å². The summed E-state index contributed by atoms with van der Waals surface area (Å²) in [6, 6.07) is 13.4. The van der Waals surface area contributed by atoms with Gasteiger partial charge in [0.2, 0.25) is 0 Å². The zero-order valence-electron chi connectivity index (χ0n) is 14.2. The summed E-state index contributed by atoms with van der Waals surface area (Å²) in [5, 5.41) is 11.7. The van der Waals surface area contributed by atoms with Crippen molar-refractivity contribution < 1.29 is 14.6 Å². The smallest absolute Gasteiger partial charge is 0.269 e. The lowest BCUT2D eigenvalue weighted by molar-refractivity contribution is -0.114. The van der Waals surface area contributed by atoms with Crippen LogP contribution in [0.1, 0.15) is 22.3 Å². The highest BCUT2D eigenvalue weighted by atomic mass is 16.5. The van der Waals surface area contributed by atoms with Gasteiger partial charge in [-0.05, 0) is 36.6 Å². The van der Waals surface area contributed by atoms with Crippen LogP contribution in [0.4, 0.5) is 0 Å². The summed E-state index contributed by atoms with van der Waals surface area (Å²) >= 11 is 0. The van der Waals surface area contributed by atoms with E-state index in [1.54, 1.807) is 6.07 Å². The summed E-state index contributed by atoms with van der Waals surface area (Å²) in [4.78, 5) is 16.0. The van der Waals surface area contributed by atoms with E-state index in [2.05, 4.69) is 10.3 Å². The Morgan fingerprint density at radius 2 is 1.96 bits per heavy atom. The molecule has 1 amide bonds. The first-order valence-corrected chi connectivity index (χ1v) is 7.72. The molecule has 0 heterocycles. The Morgan fingerprint density at radius 1 is 1.21 bits per heavy atom. The van der Waals surface area contributed by atoms with Crippen molar-refractivity contribution in [2.75, 3.05) is 13.8 Å². The fourth-order valence-electron chi connectivity index (χ4n) is 2.36. The second-order valence-electron chi connectivity index (χ2n) is 5.44. The van der Waals surface area contributed by atoms with E-state index in [0.29, 0.717) is 12.2 Å². The molecule has 5 heteroatoms. The summed E-state index contributed by atoms with van der Waals surface area (Å²) in [7, 11) is 1.53. The minimum absolute atomic E-state index is 0.195. The number of aliphatic hydroxyl groups excluding tert-OH is 1. The van der Waals surface area contributed by atoms with E-state index in [-0.39, 0.29) is 11.6 Å². The van der Waals surface area contributed by atoms with Crippen molar-refractivity contribution in [1.29, 1.82) is 0 Å². The number of amides is 1. The first kappa shape index (κ1) is 17.7. The number of benzene rings is 2. The van der Waals surface area contributed by atoms with Crippen molar-refractivity contribution in [2.24, 2.45) is 4.99 Å². The largest absolute Gasteiger partial charge is 0.489 e. The molecule has 2 N–H and O–H groups in total. The minimum Gasteiger partial charge on any atom is -0.489 e. The van der Waals surface area contributed by atoms with Crippen LogP contribution in [0, 0.1) is 13.8 Å². The maximum atomic E-state index is 12.0. The number of carbonyl (C=O) groups excluding carboxylic acids is 1. The lowest BCUT2D eigenvalue weighted by Crippen LogP contribution is -2.29. The number of ether oxygens (including phenoxy) is 1. The average Bonchev–Trinajstić information content (AvgIpc) is 2.60. The highest BCUT2D eigenvalue weighted by molar-refractivity contribution is 6.45. The molecule has 0 radical (unpaired) electrons. The van der Waals surface area contributed by atoms with Gasteiger partial charge < -0.3 is 15.2 Å². The fraction of sp³-hybridized carbons (Fsp3) is 0.263. The van der Waals surface area contributed by atoms with Crippen molar-refractivity contribution in [2.45, 2.75) is 20.5 Å². The monoisotopic (exact) mass is 326 g/mol. The molecular weight excluding hydrogens is 304 g/mol. The highest BCUT2D eigenvalue weighted by Crippen LogP contribution is 2.21. The lowest BCUT2D eigenvalue weighted by Gasteiger charge is -2.14. The van der Waals surface area contributed by atoms with Crippen LogP contribution >= 0.6 is 0 Å². The van der Waals surface area contributed by atoms with Gasteiger partial charge in [-0.3, -0.25) is 9.79 Å². The number of aliphatic imine (C=N–C) groups is 1. The maximum Gasteiger partial charge on any atom is 0.269 e. The molecule has 5 nitrogen and oxygen atoms in total. The third-order valence-corrected chi connectivity index (χ3v) is 3.67. The van der Waals surface area contributed by atoms with Crippen LogP contribution in [0.25, 0.3) is 0 Å². The second-order valence-corrected chi connectivity index (χ2v) is 5.44. The van der Waals surface area contributed by atoms with Gasteiger partial charge in [0.15, 0.2) is 0 Å². The first-order chi connectivity index (χ1) is 11.6. The fourth-order valence-corrected chi connectivity index (χ4v) is 2.36. The van der Waals surface area contributed by atoms with E-state index in [4.69, 9.17) is 9.84 Å². The van der Waals surface area contributed by atoms with Crippen LogP contribution in [0.2, 0.25) is 0 Å². The van der Waals surface area contributed by atoms with Gasteiger partial charge in [-0.15, -0.1) is 0 Å². The van der Waals surface area contributed by atoms with Crippen molar-refractivity contribution in [3.8, 4) is 5.75 Å². The minimum atomic E-state index is -0.449. The van der Waals surface area contributed by atoms with E-state index in [9.17, 15) is 4.79 Å². The van der Waals surface area contributed by atoms with Crippen molar-refractivity contribution >= 4 is 11.6 Å². The summed E-state index contributed by atoms with van der Waals surface area (Å²) in [6.07, 6.45) is 0. The molecule has 0 bridgehead atoms. The zero-order chi connectivity index (χ0) is 17.5. The Kier molecular flexibility index (Phi) is 6.09. The van der Waals surface area contributed by atoms with E-state index < -0.39 is 6.73 Å². The van der Waals surface area contributed by atoms with Crippen molar-refractivity contribution in [3.63, 3.8) is 0 Å². The first-order valence-electron chi connectivity index (χ1n) is 7.72. The molecule has 0 saturated heterocycles. The molecule has 0 atom stereocenters. The molecule has 2 rings (SSSR count). The van der Waals surface area contributed by atoms with Gasteiger partial charge in [-0.25, -0.2) is 0 Å². The Morgan fingerprint density at radius 3 is 2.67 bits per heavy atom. The average molecular weight is 326 g/mol. The summed E-state index contributed by atoms with van der Waals surface area (Å²) in [6.45, 7) is 3.86. The van der Waals surface area contributed by atoms with E-state index in [1.165, 1.54) is 7.05 Å². The topological polar surface area (TPSA) is 70.9 Å². The summed E-state index contributed by atoms with van der Waals surface area (Å²) < 4.78 is 5.94. The molecule has 2 aromatic rings. The van der Waals surface area contributed by atoms with Gasteiger partial charge in [0.05, 0.1) is 0 Å². The molecule has 0 aliphatic carbocycles. The SMILES string of the molecule is CNC(=O)/C(=N/CO)c1ccccc1COc1cc(C)ccc1C. The number of aliphatic hydroxyl groups is 1. The molecule has 126 valence electrons. The number of carbonyl (C=O) groups is 1. The predicted octanol–water partition coefficient (Wildman–Crippen LogP) is 2.37. The summed E-state index contributed by atoms with van der Waals surface area (Å²) in [5.74, 6) is 0.466. The molecule has 0 aromatic heterocycles.